The molecule has 0 aliphatic rings. The molecule has 0 saturated carbocycles. The Labute approximate surface area is 255 Å². The number of carboxylic acids is 1. The van der Waals surface area contributed by atoms with Gasteiger partial charge in [-0.3, -0.25) is 9.35 Å². The molecular formula is C28H56NNaO7S. The van der Waals surface area contributed by atoms with E-state index < -0.39 is 33.7 Å². The van der Waals surface area contributed by atoms with E-state index in [1.807, 2.05) is 0 Å². The molecular weight excluding hydrogens is 517 g/mol. The molecule has 10 heteroatoms. The SMILES string of the molecule is CCCCCCCCCCCCOCCCCCCCCCCCC.NC(=O)CC(C(=O)[O-])S(=O)(=O)O.[Na+]. The fraction of sp³-hybridized carbons (Fsp3) is 0.929. The van der Waals surface area contributed by atoms with Crippen LogP contribution in [0.2, 0.25) is 0 Å². The summed E-state index contributed by atoms with van der Waals surface area (Å²) in [6.45, 7) is 6.57. The molecule has 0 aromatic carbocycles. The number of hydrogen-bond donors (Lipinski definition) is 2. The minimum atomic E-state index is -4.82. The van der Waals surface area contributed by atoms with Crippen molar-refractivity contribution in [3.63, 3.8) is 0 Å². The number of unbranched alkanes of at least 4 members (excludes halogenated alkanes) is 18. The molecule has 1 amide bonds. The van der Waals surface area contributed by atoms with Crippen molar-refractivity contribution in [3.05, 3.63) is 0 Å². The predicted octanol–water partition coefficient (Wildman–Crippen LogP) is 2.72. The summed E-state index contributed by atoms with van der Waals surface area (Å²) >= 11 is 0. The molecule has 0 aliphatic heterocycles. The summed E-state index contributed by atoms with van der Waals surface area (Å²) in [7, 11) is -4.82. The molecule has 8 nitrogen and oxygen atoms in total. The molecule has 3 N–H and O–H groups in total. The molecule has 1 atom stereocenters. The maximum Gasteiger partial charge on any atom is 1.00 e. The van der Waals surface area contributed by atoms with E-state index in [0.29, 0.717) is 0 Å². The van der Waals surface area contributed by atoms with E-state index in [9.17, 15) is 23.1 Å². The molecule has 0 radical (unpaired) electrons. The maximum absolute atomic E-state index is 10.2. The van der Waals surface area contributed by atoms with Crippen LogP contribution in [0.5, 0.6) is 0 Å². The minimum Gasteiger partial charge on any atom is -0.549 e. The van der Waals surface area contributed by atoms with Crippen LogP contribution >= 0.6 is 0 Å². The summed E-state index contributed by atoms with van der Waals surface area (Å²) in [6, 6.07) is 0. The first-order chi connectivity index (χ1) is 17.7. The number of nitrogens with two attached hydrogens (primary N) is 1. The molecule has 0 bridgehead atoms. The molecule has 0 spiro atoms. The van der Waals surface area contributed by atoms with Crippen LogP contribution < -0.4 is 40.4 Å². The smallest absolute Gasteiger partial charge is 0.549 e. The van der Waals surface area contributed by atoms with Crippen LogP contribution in [-0.4, -0.2) is 43.3 Å². The zero-order valence-corrected chi connectivity index (χ0v) is 27.5. The van der Waals surface area contributed by atoms with Gasteiger partial charge in [0.05, 0.1) is 12.4 Å². The summed E-state index contributed by atoms with van der Waals surface area (Å²) in [5, 5.41) is 7.74. The van der Waals surface area contributed by atoms with Gasteiger partial charge in [-0.1, -0.05) is 129 Å². The zero-order chi connectivity index (χ0) is 28.2. The number of ether oxygens (including phenoxy) is 1. The average Bonchev–Trinajstić information content (AvgIpc) is 2.83. The van der Waals surface area contributed by atoms with Crippen molar-refractivity contribution in [2.75, 3.05) is 13.2 Å². The number of aliphatic carboxylic acids is 1. The van der Waals surface area contributed by atoms with Gasteiger partial charge in [0.15, 0.2) is 0 Å². The Hall–Kier alpha value is -0.190. The van der Waals surface area contributed by atoms with Gasteiger partial charge in [0, 0.05) is 13.2 Å². The third-order valence-corrected chi connectivity index (χ3v) is 7.37. The molecule has 0 aromatic rings. The third-order valence-electron chi connectivity index (χ3n) is 6.29. The second-order valence-corrected chi connectivity index (χ2v) is 11.6. The van der Waals surface area contributed by atoms with Gasteiger partial charge in [0.25, 0.3) is 10.1 Å². The fourth-order valence-corrected chi connectivity index (χ4v) is 4.60. The van der Waals surface area contributed by atoms with Crippen molar-refractivity contribution in [3.8, 4) is 0 Å². The number of carbonyl (C=O) groups excluding carboxylic acids is 2. The van der Waals surface area contributed by atoms with Gasteiger partial charge < -0.3 is 20.4 Å². The van der Waals surface area contributed by atoms with Crippen LogP contribution in [0, 0.1) is 0 Å². The van der Waals surface area contributed by atoms with Crippen LogP contribution in [-0.2, 0) is 24.4 Å². The van der Waals surface area contributed by atoms with Gasteiger partial charge in [-0.25, -0.2) is 0 Å². The number of carboxylic acid groups (broad SMARTS) is 1. The Bertz CT molecular complexity index is 611. The van der Waals surface area contributed by atoms with E-state index >= 15 is 0 Å². The van der Waals surface area contributed by atoms with Crippen LogP contribution in [0.25, 0.3) is 0 Å². The average molecular weight is 574 g/mol. The molecule has 0 rings (SSSR count). The van der Waals surface area contributed by atoms with Crippen LogP contribution in [0.15, 0.2) is 0 Å². The maximum atomic E-state index is 10.2. The molecule has 0 aromatic heterocycles. The Morgan fingerprint density at radius 2 is 0.974 bits per heavy atom. The largest absolute Gasteiger partial charge is 1.00 e. The Balaban J connectivity index is -0.000000794. The van der Waals surface area contributed by atoms with E-state index in [-0.39, 0.29) is 29.6 Å². The van der Waals surface area contributed by atoms with E-state index in [4.69, 9.17) is 9.29 Å². The van der Waals surface area contributed by atoms with E-state index in [0.717, 1.165) is 13.2 Å². The molecule has 0 fully saturated rings. The monoisotopic (exact) mass is 573 g/mol. The van der Waals surface area contributed by atoms with Crippen molar-refractivity contribution in [1.29, 1.82) is 0 Å². The second kappa shape index (κ2) is 31.3. The number of rotatable bonds is 26. The zero-order valence-electron chi connectivity index (χ0n) is 24.7. The molecule has 0 heterocycles. The van der Waals surface area contributed by atoms with Crippen molar-refractivity contribution < 1.29 is 62.0 Å². The number of primary amides is 1. The molecule has 38 heavy (non-hydrogen) atoms. The normalized spacial score (nSPS) is 11.8. The van der Waals surface area contributed by atoms with Gasteiger partial charge in [-0.15, -0.1) is 0 Å². The van der Waals surface area contributed by atoms with E-state index in [1.54, 1.807) is 0 Å². The molecule has 0 aliphatic carbocycles. The number of amides is 1. The van der Waals surface area contributed by atoms with Crippen LogP contribution in [0.4, 0.5) is 0 Å². The van der Waals surface area contributed by atoms with E-state index in [2.05, 4.69) is 19.6 Å². The van der Waals surface area contributed by atoms with Gasteiger partial charge >= 0.3 is 29.6 Å². The molecule has 0 saturated heterocycles. The summed E-state index contributed by atoms with van der Waals surface area (Å²) in [5.74, 6) is -3.21. The topological polar surface area (TPSA) is 147 Å². The first kappa shape index (κ1) is 42.3. The molecule has 1 unspecified atom stereocenters. The molecule has 222 valence electrons. The first-order valence-corrected chi connectivity index (χ1v) is 16.2. The quantitative estimate of drug-likeness (QED) is 0.0919. The Morgan fingerprint density at radius 1 is 0.684 bits per heavy atom. The summed E-state index contributed by atoms with van der Waals surface area (Å²) in [6.07, 6.45) is 27.2. The summed E-state index contributed by atoms with van der Waals surface area (Å²) < 4.78 is 34.5. The van der Waals surface area contributed by atoms with Crippen molar-refractivity contribution in [2.45, 2.75) is 154 Å². The standard InChI is InChI=1S/C24H50O.C4H7NO6S.Na/c1-3-5-7-9-11-13-15-17-19-21-23-25-24-22-20-18-16-14-12-10-8-6-4-2;5-3(6)1-2(4(7)8)12(9,10)11;/h3-24H2,1-2H3;2H,1H2,(H2,5,6)(H,7,8)(H,9,10,11);/q;;+1/p-1. The van der Waals surface area contributed by atoms with Gasteiger partial charge in [0.2, 0.25) is 5.91 Å². The number of hydrogen-bond acceptors (Lipinski definition) is 6. The minimum absolute atomic E-state index is 0. The van der Waals surface area contributed by atoms with Crippen molar-refractivity contribution in [2.24, 2.45) is 5.73 Å². The van der Waals surface area contributed by atoms with E-state index in [1.165, 1.54) is 128 Å². The van der Waals surface area contributed by atoms with Gasteiger partial charge in [0.1, 0.15) is 5.25 Å². The van der Waals surface area contributed by atoms with Gasteiger partial charge in [-0.2, -0.15) is 8.42 Å². The first-order valence-electron chi connectivity index (χ1n) is 14.7. The van der Waals surface area contributed by atoms with Gasteiger partial charge in [-0.05, 0) is 12.8 Å². The fourth-order valence-electron chi connectivity index (χ4n) is 3.98. The Morgan fingerprint density at radius 3 is 1.18 bits per heavy atom. The predicted molar refractivity (Wildman–Crippen MR) is 149 cm³/mol. The second-order valence-electron chi connectivity index (χ2n) is 9.97. The summed E-state index contributed by atoms with van der Waals surface area (Å²) in [5.41, 5.74) is 4.52. The van der Waals surface area contributed by atoms with Crippen LogP contribution in [0.1, 0.15) is 149 Å². The number of carbonyl (C=O) groups is 2. The van der Waals surface area contributed by atoms with Crippen molar-refractivity contribution >= 4 is 22.0 Å². The Kier molecular flexibility index (Phi) is 34.9. The van der Waals surface area contributed by atoms with Crippen molar-refractivity contribution in [1.82, 2.24) is 0 Å². The van der Waals surface area contributed by atoms with Crippen LogP contribution in [0.3, 0.4) is 0 Å². The third kappa shape index (κ3) is 33.8. The summed E-state index contributed by atoms with van der Waals surface area (Å²) in [4.78, 5) is 20.1.